The van der Waals surface area contributed by atoms with Gasteiger partial charge in [0.15, 0.2) is 12.6 Å². The van der Waals surface area contributed by atoms with Crippen molar-refractivity contribution in [3.8, 4) is 0 Å². The summed E-state index contributed by atoms with van der Waals surface area (Å²) in [4.78, 5) is 38.2. The maximum atomic E-state index is 13.3. The predicted molar refractivity (Wildman–Crippen MR) is 269 cm³/mol. The molecule has 75 heavy (non-hydrogen) atoms. The molecule has 0 aliphatic carbocycles. The van der Waals surface area contributed by atoms with Gasteiger partial charge in [0, 0.05) is 19.8 Å². The summed E-state index contributed by atoms with van der Waals surface area (Å²) in [5, 5.41) is 135. The molecule has 0 radical (unpaired) electrons. The quantitative estimate of drug-likeness (QED) is 0.0376. The van der Waals surface area contributed by atoms with Gasteiger partial charge in [0.05, 0.1) is 50.7 Å². The van der Waals surface area contributed by atoms with Gasteiger partial charge in [-0.1, -0.05) is 142 Å². The van der Waals surface area contributed by atoms with Crippen LogP contribution in [-0.4, -0.2) is 215 Å². The van der Waals surface area contributed by atoms with Crippen LogP contribution in [0.5, 0.6) is 0 Å². The van der Waals surface area contributed by atoms with Crippen LogP contribution in [0.3, 0.4) is 0 Å². The number of aliphatic hydroxyl groups excluding tert-OH is 11. The molecular formula is C52H96N2O21. The molecule has 3 fully saturated rings. The number of carbonyl (C=O) groups excluding carboxylic acids is 2. The van der Waals surface area contributed by atoms with Gasteiger partial charge in [0.1, 0.15) is 67.1 Å². The molecule has 0 aromatic carbocycles. The summed E-state index contributed by atoms with van der Waals surface area (Å²) < 4.78 is 34.6. The van der Waals surface area contributed by atoms with Crippen molar-refractivity contribution in [2.45, 2.75) is 285 Å². The average molecular weight is 1090 g/mol. The van der Waals surface area contributed by atoms with Crippen molar-refractivity contribution in [2.75, 3.05) is 26.4 Å². The number of carbonyl (C=O) groups is 3. The number of rotatable bonds is 39. The number of amides is 2. The summed E-state index contributed by atoms with van der Waals surface area (Å²) in [6, 6.07) is -2.52. The second-order valence-electron chi connectivity index (χ2n) is 20.8. The molecule has 440 valence electrons. The molecule has 0 aromatic rings. The molecule has 3 rings (SSSR count). The summed E-state index contributed by atoms with van der Waals surface area (Å²) in [6.45, 7) is 2.11. The van der Waals surface area contributed by atoms with Crippen LogP contribution in [0.2, 0.25) is 0 Å². The number of hydrogen-bond donors (Lipinski definition) is 14. The second kappa shape index (κ2) is 36.1. The molecule has 3 heterocycles. The number of carboxylic acids is 1. The Hall–Kier alpha value is -2.27. The summed E-state index contributed by atoms with van der Waals surface area (Å²) in [7, 11) is 0. The van der Waals surface area contributed by atoms with E-state index in [2.05, 4.69) is 24.5 Å². The van der Waals surface area contributed by atoms with E-state index in [1.165, 1.54) is 70.6 Å². The Labute approximate surface area is 442 Å². The van der Waals surface area contributed by atoms with Crippen LogP contribution in [0.4, 0.5) is 0 Å². The van der Waals surface area contributed by atoms with E-state index >= 15 is 0 Å². The number of aliphatic carboxylic acids is 1. The number of ether oxygens (including phenoxy) is 6. The van der Waals surface area contributed by atoms with Gasteiger partial charge in [0.25, 0.3) is 5.79 Å². The van der Waals surface area contributed by atoms with E-state index in [9.17, 15) is 75.7 Å². The average Bonchev–Trinajstić information content (AvgIpc) is 3.38. The lowest BCUT2D eigenvalue weighted by atomic mass is 9.88. The minimum absolute atomic E-state index is 0.226. The highest BCUT2D eigenvalue weighted by Crippen LogP contribution is 2.38. The van der Waals surface area contributed by atoms with Gasteiger partial charge < -0.3 is 100 Å². The molecule has 3 aliphatic rings. The Morgan fingerprint density at radius 2 is 1.16 bits per heavy atom. The minimum atomic E-state index is -3.07. The Kier molecular flexibility index (Phi) is 32.2. The lowest BCUT2D eigenvalue weighted by molar-refractivity contribution is -0.386. The summed E-state index contributed by atoms with van der Waals surface area (Å²) in [5.41, 5.74) is 0. The zero-order valence-electron chi connectivity index (χ0n) is 44.7. The van der Waals surface area contributed by atoms with Crippen LogP contribution in [-0.2, 0) is 42.8 Å². The van der Waals surface area contributed by atoms with E-state index in [1.807, 2.05) is 0 Å². The Morgan fingerprint density at radius 1 is 0.640 bits per heavy atom. The van der Waals surface area contributed by atoms with Crippen molar-refractivity contribution >= 4 is 17.8 Å². The fraction of sp³-hybridized carbons (Fsp3) is 0.942. The number of carboxylic acid groups (broad SMARTS) is 1. The predicted octanol–water partition coefficient (Wildman–Crippen LogP) is 0.659. The Morgan fingerprint density at radius 3 is 1.67 bits per heavy atom. The van der Waals surface area contributed by atoms with E-state index in [4.69, 9.17) is 28.4 Å². The normalized spacial score (nSPS) is 31.8. The van der Waals surface area contributed by atoms with Gasteiger partial charge in [-0.15, -0.1) is 0 Å². The smallest absolute Gasteiger partial charge is 0.364 e. The van der Waals surface area contributed by atoms with Crippen LogP contribution in [0.1, 0.15) is 175 Å². The minimum Gasteiger partial charge on any atom is -0.477 e. The molecule has 3 aliphatic heterocycles. The lowest BCUT2D eigenvalue weighted by Gasteiger charge is -2.50. The molecule has 0 aromatic heterocycles. The van der Waals surface area contributed by atoms with Gasteiger partial charge in [-0.3, -0.25) is 9.59 Å². The highest BCUT2D eigenvalue weighted by Gasteiger charge is 2.60. The first-order chi connectivity index (χ1) is 35.9. The molecule has 0 bridgehead atoms. The second-order valence-corrected chi connectivity index (χ2v) is 20.8. The summed E-state index contributed by atoms with van der Waals surface area (Å²) >= 11 is 0. The van der Waals surface area contributed by atoms with Crippen LogP contribution < -0.4 is 10.6 Å². The largest absolute Gasteiger partial charge is 0.477 e. The first-order valence-electron chi connectivity index (χ1n) is 27.9. The first-order valence-corrected chi connectivity index (χ1v) is 27.9. The Balaban J connectivity index is 1.71. The van der Waals surface area contributed by atoms with E-state index in [0.29, 0.717) is 19.3 Å². The van der Waals surface area contributed by atoms with Crippen molar-refractivity contribution in [2.24, 2.45) is 0 Å². The van der Waals surface area contributed by atoms with Crippen LogP contribution in [0, 0.1) is 0 Å². The van der Waals surface area contributed by atoms with Gasteiger partial charge in [-0.25, -0.2) is 4.79 Å². The fourth-order valence-corrected chi connectivity index (χ4v) is 10.0. The highest BCUT2D eigenvalue weighted by molar-refractivity contribution is 5.77. The van der Waals surface area contributed by atoms with Crippen molar-refractivity contribution in [3.63, 3.8) is 0 Å². The standard InChI is InChI=1S/C52H96N2O21/c1-4-6-8-10-12-14-16-18-20-22-24-26-39(62)54-33(34(59)25-23-21-19-17-15-13-11-9-7-5-2)31-70-49-44(66)43(65)46(38(30-57)72-49)73-50-45(67)48(42(64)37(29-56)71-50)75-52(51(68)69)27-35(60)40(53-32(3)58)47(74-52)41(63)36(61)28-55/h33-38,40-50,55-57,59-61,63-67H,4-31H2,1-3H3,(H,53,58)(H,54,62)(H,68,69). The Bertz CT molecular complexity index is 1570. The maximum absolute atomic E-state index is 13.3. The summed E-state index contributed by atoms with van der Waals surface area (Å²) in [6.07, 6.45) is -5.43. The number of aliphatic hydroxyl groups is 11. The third-order valence-corrected chi connectivity index (χ3v) is 14.6. The van der Waals surface area contributed by atoms with Crippen LogP contribution >= 0.6 is 0 Å². The molecule has 14 N–H and O–H groups in total. The third kappa shape index (κ3) is 21.7. The molecule has 2 amide bonds. The molecule has 23 nitrogen and oxygen atoms in total. The molecule has 0 saturated carbocycles. The van der Waals surface area contributed by atoms with Gasteiger partial charge in [0.2, 0.25) is 11.8 Å². The van der Waals surface area contributed by atoms with Crippen molar-refractivity contribution < 1.29 is 104 Å². The number of nitrogens with one attached hydrogen (secondary N) is 2. The zero-order chi connectivity index (χ0) is 55.5. The third-order valence-electron chi connectivity index (χ3n) is 14.6. The van der Waals surface area contributed by atoms with Crippen LogP contribution in [0.15, 0.2) is 0 Å². The van der Waals surface area contributed by atoms with E-state index in [-0.39, 0.29) is 18.9 Å². The monoisotopic (exact) mass is 1080 g/mol. The first kappa shape index (κ1) is 67.0. The van der Waals surface area contributed by atoms with E-state index < -0.39 is 148 Å². The van der Waals surface area contributed by atoms with E-state index in [0.717, 1.165) is 58.3 Å². The fourth-order valence-electron chi connectivity index (χ4n) is 10.0. The molecule has 0 spiro atoms. The highest BCUT2D eigenvalue weighted by atomic mass is 16.8. The van der Waals surface area contributed by atoms with Crippen molar-refractivity contribution in [3.05, 3.63) is 0 Å². The number of hydrogen-bond acceptors (Lipinski definition) is 20. The number of unbranched alkanes of at least 4 members (excludes halogenated alkanes) is 19. The van der Waals surface area contributed by atoms with Crippen molar-refractivity contribution in [1.29, 1.82) is 0 Å². The molecule has 18 atom stereocenters. The summed E-state index contributed by atoms with van der Waals surface area (Å²) in [5.74, 6) is -6.10. The van der Waals surface area contributed by atoms with E-state index in [1.54, 1.807) is 0 Å². The molecule has 3 saturated heterocycles. The van der Waals surface area contributed by atoms with Gasteiger partial charge in [-0.05, 0) is 12.8 Å². The lowest BCUT2D eigenvalue weighted by Crippen LogP contribution is -2.70. The SMILES string of the molecule is CCCCCCCCCCCCCC(=O)NC(COC1OC(CO)C(OC2OC(CO)C(O)C(OC3(C(=O)O)CC(O)C(NC(C)=O)C(C(O)C(O)CO)O3)C2O)C(O)C1O)C(O)CCCCCCCCCCCC. The van der Waals surface area contributed by atoms with Crippen molar-refractivity contribution in [1.82, 2.24) is 10.6 Å². The molecule has 18 unspecified atom stereocenters. The molecular weight excluding hydrogens is 989 g/mol. The van der Waals surface area contributed by atoms with Crippen LogP contribution in [0.25, 0.3) is 0 Å². The molecule has 23 heteroatoms. The topological polar surface area (TPSA) is 373 Å². The van der Waals surface area contributed by atoms with Gasteiger partial charge in [-0.2, -0.15) is 0 Å². The van der Waals surface area contributed by atoms with Gasteiger partial charge >= 0.3 is 5.97 Å². The zero-order valence-corrected chi connectivity index (χ0v) is 44.7. The maximum Gasteiger partial charge on any atom is 0.364 e.